The number of rotatable bonds is 6. The standard InChI is InChI=1S/C12H19N3O3/c1-4-8(2)18-12(17)11(15-9(3)16)5-10-6-13-7-14-10/h6-8,11H,4-5H2,1-3H3,(H,13,14)(H,15,16)/t8?,11-/m1/s1. The Morgan fingerprint density at radius 3 is 2.78 bits per heavy atom. The minimum absolute atomic E-state index is 0.159. The van der Waals surface area contributed by atoms with Crippen LogP contribution in [0.4, 0.5) is 0 Å². The number of hydrogen-bond acceptors (Lipinski definition) is 4. The zero-order chi connectivity index (χ0) is 13.5. The summed E-state index contributed by atoms with van der Waals surface area (Å²) >= 11 is 0. The molecule has 0 saturated carbocycles. The lowest BCUT2D eigenvalue weighted by Crippen LogP contribution is -2.43. The van der Waals surface area contributed by atoms with E-state index >= 15 is 0 Å². The molecular weight excluding hydrogens is 234 g/mol. The fraction of sp³-hybridized carbons (Fsp3) is 0.583. The Morgan fingerprint density at radius 2 is 2.28 bits per heavy atom. The van der Waals surface area contributed by atoms with Crippen molar-refractivity contribution in [3.63, 3.8) is 0 Å². The topological polar surface area (TPSA) is 84.1 Å². The van der Waals surface area contributed by atoms with E-state index < -0.39 is 12.0 Å². The molecule has 0 spiro atoms. The van der Waals surface area contributed by atoms with Gasteiger partial charge >= 0.3 is 5.97 Å². The number of hydrogen-bond donors (Lipinski definition) is 2. The molecule has 1 aromatic heterocycles. The molecule has 1 amide bonds. The molecule has 0 fully saturated rings. The van der Waals surface area contributed by atoms with E-state index in [4.69, 9.17) is 4.74 Å². The van der Waals surface area contributed by atoms with Crippen LogP contribution in [0.15, 0.2) is 12.5 Å². The molecule has 18 heavy (non-hydrogen) atoms. The highest BCUT2D eigenvalue weighted by Gasteiger charge is 2.23. The molecule has 0 bridgehead atoms. The minimum atomic E-state index is -0.695. The van der Waals surface area contributed by atoms with Gasteiger partial charge in [0.15, 0.2) is 0 Å². The van der Waals surface area contributed by atoms with Crippen molar-refractivity contribution in [2.75, 3.05) is 0 Å². The van der Waals surface area contributed by atoms with Crippen LogP contribution in [-0.4, -0.2) is 34.0 Å². The normalized spacial score (nSPS) is 13.7. The second-order valence-electron chi connectivity index (χ2n) is 4.17. The number of imidazole rings is 1. The highest BCUT2D eigenvalue weighted by molar-refractivity contribution is 5.83. The highest BCUT2D eigenvalue weighted by Crippen LogP contribution is 2.04. The van der Waals surface area contributed by atoms with Gasteiger partial charge in [-0.05, 0) is 13.3 Å². The third kappa shape index (κ3) is 4.57. The number of nitrogens with one attached hydrogen (secondary N) is 2. The fourth-order valence-electron chi connectivity index (χ4n) is 1.41. The van der Waals surface area contributed by atoms with Crippen molar-refractivity contribution in [2.24, 2.45) is 0 Å². The monoisotopic (exact) mass is 253 g/mol. The average molecular weight is 253 g/mol. The van der Waals surface area contributed by atoms with E-state index in [2.05, 4.69) is 15.3 Å². The number of nitrogens with zero attached hydrogens (tertiary/aromatic N) is 1. The quantitative estimate of drug-likeness (QED) is 0.734. The number of amides is 1. The largest absolute Gasteiger partial charge is 0.461 e. The molecule has 0 aliphatic heterocycles. The molecular formula is C12H19N3O3. The molecule has 0 aromatic carbocycles. The molecule has 1 unspecified atom stereocenters. The predicted octanol–water partition coefficient (Wildman–Crippen LogP) is 0.799. The summed E-state index contributed by atoms with van der Waals surface area (Å²) in [5.41, 5.74) is 0.704. The lowest BCUT2D eigenvalue weighted by atomic mass is 10.1. The maximum absolute atomic E-state index is 11.9. The smallest absolute Gasteiger partial charge is 0.329 e. The Hall–Kier alpha value is -1.85. The summed E-state index contributed by atoms with van der Waals surface area (Å²) in [6, 6.07) is -0.695. The van der Waals surface area contributed by atoms with Gasteiger partial charge in [-0.25, -0.2) is 9.78 Å². The van der Waals surface area contributed by atoms with Gasteiger partial charge in [-0.15, -0.1) is 0 Å². The van der Waals surface area contributed by atoms with Crippen molar-refractivity contribution >= 4 is 11.9 Å². The molecule has 6 nitrogen and oxygen atoms in total. The number of carbonyl (C=O) groups is 2. The zero-order valence-corrected chi connectivity index (χ0v) is 10.9. The Morgan fingerprint density at radius 1 is 1.56 bits per heavy atom. The van der Waals surface area contributed by atoms with Crippen molar-refractivity contribution in [2.45, 2.75) is 45.8 Å². The van der Waals surface area contributed by atoms with E-state index in [1.807, 2.05) is 13.8 Å². The Balaban J connectivity index is 2.65. The van der Waals surface area contributed by atoms with E-state index in [9.17, 15) is 9.59 Å². The van der Waals surface area contributed by atoms with Gasteiger partial charge in [0.05, 0.1) is 18.1 Å². The van der Waals surface area contributed by atoms with Crippen molar-refractivity contribution in [3.05, 3.63) is 18.2 Å². The van der Waals surface area contributed by atoms with E-state index in [0.29, 0.717) is 12.1 Å². The first kappa shape index (κ1) is 14.2. The molecule has 6 heteroatoms. The van der Waals surface area contributed by atoms with Crippen LogP contribution >= 0.6 is 0 Å². The highest BCUT2D eigenvalue weighted by atomic mass is 16.5. The summed E-state index contributed by atoms with van der Waals surface area (Å²) in [5, 5.41) is 2.58. The average Bonchev–Trinajstić information content (AvgIpc) is 2.80. The number of carbonyl (C=O) groups excluding carboxylic acids is 2. The molecule has 1 rings (SSSR count). The van der Waals surface area contributed by atoms with Gasteiger partial charge in [-0.3, -0.25) is 4.79 Å². The van der Waals surface area contributed by atoms with Crippen LogP contribution in [0.3, 0.4) is 0 Å². The SMILES string of the molecule is CCC(C)OC(=O)[C@@H](Cc1c[nH]cn1)NC(C)=O. The second-order valence-corrected chi connectivity index (χ2v) is 4.17. The molecule has 2 atom stereocenters. The van der Waals surface area contributed by atoms with E-state index in [0.717, 1.165) is 6.42 Å². The summed E-state index contributed by atoms with van der Waals surface area (Å²) in [6.45, 7) is 5.12. The van der Waals surface area contributed by atoms with Crippen molar-refractivity contribution < 1.29 is 14.3 Å². The fourth-order valence-corrected chi connectivity index (χ4v) is 1.41. The molecule has 2 N–H and O–H groups in total. The summed E-state index contributed by atoms with van der Waals surface area (Å²) < 4.78 is 5.22. The van der Waals surface area contributed by atoms with E-state index in [-0.39, 0.29) is 12.0 Å². The van der Waals surface area contributed by atoms with Gasteiger partial charge in [0, 0.05) is 19.5 Å². The van der Waals surface area contributed by atoms with Crippen molar-refractivity contribution in [1.29, 1.82) is 0 Å². The van der Waals surface area contributed by atoms with Crippen LogP contribution in [0.2, 0.25) is 0 Å². The minimum Gasteiger partial charge on any atom is -0.461 e. The predicted molar refractivity (Wildman–Crippen MR) is 65.7 cm³/mol. The van der Waals surface area contributed by atoms with Crippen LogP contribution < -0.4 is 5.32 Å². The molecule has 0 radical (unpaired) electrons. The van der Waals surface area contributed by atoms with Gasteiger partial charge < -0.3 is 15.0 Å². The summed E-state index contributed by atoms with van der Waals surface area (Å²) in [4.78, 5) is 29.8. The lowest BCUT2D eigenvalue weighted by Gasteiger charge is -2.18. The maximum atomic E-state index is 11.9. The number of ether oxygens (including phenoxy) is 1. The third-order valence-corrected chi connectivity index (χ3v) is 2.52. The molecule has 0 aliphatic carbocycles. The zero-order valence-electron chi connectivity index (χ0n) is 10.9. The summed E-state index contributed by atoms with van der Waals surface area (Å²) in [5.74, 6) is -0.695. The van der Waals surface area contributed by atoms with Gasteiger partial charge in [-0.1, -0.05) is 6.92 Å². The van der Waals surface area contributed by atoms with E-state index in [1.54, 1.807) is 6.20 Å². The Labute approximate surface area is 106 Å². The van der Waals surface area contributed by atoms with E-state index in [1.165, 1.54) is 13.3 Å². The van der Waals surface area contributed by atoms with Crippen LogP contribution in [0.1, 0.15) is 32.9 Å². The Kier molecular flexibility index (Phi) is 5.35. The van der Waals surface area contributed by atoms with Gasteiger partial charge in [0.25, 0.3) is 0 Å². The Bertz CT molecular complexity index is 389. The third-order valence-electron chi connectivity index (χ3n) is 2.52. The number of aromatic amines is 1. The number of esters is 1. The molecule has 1 aromatic rings. The number of aromatic nitrogens is 2. The van der Waals surface area contributed by atoms with Crippen LogP contribution in [0.25, 0.3) is 0 Å². The molecule has 0 saturated heterocycles. The first-order valence-electron chi connectivity index (χ1n) is 5.98. The van der Waals surface area contributed by atoms with Crippen molar-refractivity contribution in [3.8, 4) is 0 Å². The van der Waals surface area contributed by atoms with Gasteiger partial charge in [-0.2, -0.15) is 0 Å². The first-order valence-corrected chi connectivity index (χ1v) is 5.98. The number of H-pyrrole nitrogens is 1. The van der Waals surface area contributed by atoms with Crippen LogP contribution in [0, 0.1) is 0 Å². The molecule has 100 valence electrons. The summed E-state index contributed by atoms with van der Waals surface area (Å²) in [7, 11) is 0. The van der Waals surface area contributed by atoms with Gasteiger partial charge in [0.2, 0.25) is 5.91 Å². The van der Waals surface area contributed by atoms with Crippen LogP contribution in [-0.2, 0) is 20.7 Å². The van der Waals surface area contributed by atoms with Gasteiger partial charge in [0.1, 0.15) is 6.04 Å². The molecule has 1 heterocycles. The second kappa shape index (κ2) is 6.78. The van der Waals surface area contributed by atoms with Crippen molar-refractivity contribution in [1.82, 2.24) is 15.3 Å². The summed E-state index contributed by atoms with van der Waals surface area (Å²) in [6.07, 6.45) is 4.11. The maximum Gasteiger partial charge on any atom is 0.329 e. The first-order chi connectivity index (χ1) is 8.52. The molecule has 0 aliphatic rings. The van der Waals surface area contributed by atoms with Crippen LogP contribution in [0.5, 0.6) is 0 Å². The lowest BCUT2D eigenvalue weighted by molar-refractivity contribution is -0.152.